The Labute approximate surface area is 102 Å². The predicted molar refractivity (Wildman–Crippen MR) is 65.4 cm³/mol. The Morgan fingerprint density at radius 2 is 2.12 bits per heavy atom. The molecule has 1 amide bonds. The average Bonchev–Trinajstić information content (AvgIpc) is 2.70. The Kier molecular flexibility index (Phi) is 3.47. The number of aryl methyl sites for hydroxylation is 1. The molecule has 2 rings (SSSR count). The summed E-state index contributed by atoms with van der Waals surface area (Å²) in [6.45, 7) is 6.15. The number of piperidine rings is 1. The molecule has 1 aromatic rings. The van der Waals surface area contributed by atoms with Gasteiger partial charge >= 0.3 is 0 Å². The van der Waals surface area contributed by atoms with E-state index in [0.29, 0.717) is 17.6 Å². The Morgan fingerprint density at radius 3 is 2.65 bits per heavy atom. The van der Waals surface area contributed by atoms with Gasteiger partial charge in [0.15, 0.2) is 0 Å². The van der Waals surface area contributed by atoms with Gasteiger partial charge in [-0.15, -0.1) is 0 Å². The monoisotopic (exact) mass is 236 g/mol. The largest absolute Gasteiger partial charge is 0.284 e. The molecule has 1 aliphatic rings. The van der Waals surface area contributed by atoms with Crippen molar-refractivity contribution >= 4 is 5.91 Å². The van der Waals surface area contributed by atoms with Gasteiger partial charge in [0.2, 0.25) is 0 Å². The van der Waals surface area contributed by atoms with Crippen molar-refractivity contribution in [3.8, 4) is 0 Å². The minimum atomic E-state index is -0.0724. The van der Waals surface area contributed by atoms with E-state index in [-0.39, 0.29) is 5.91 Å². The molecule has 0 aliphatic carbocycles. The van der Waals surface area contributed by atoms with E-state index in [1.54, 1.807) is 6.20 Å². The first-order chi connectivity index (χ1) is 8.09. The number of nitrogens with zero attached hydrogens (tertiary/aromatic N) is 2. The number of aromatic amines is 1. The summed E-state index contributed by atoms with van der Waals surface area (Å²) < 4.78 is 0. The second-order valence-corrected chi connectivity index (χ2v) is 4.89. The molecule has 2 atom stereocenters. The molecule has 0 saturated carbocycles. The number of amides is 1. The van der Waals surface area contributed by atoms with Crippen LogP contribution in [0.3, 0.4) is 0 Å². The molecule has 0 aromatic carbocycles. The van der Waals surface area contributed by atoms with Crippen LogP contribution in [0.25, 0.3) is 0 Å². The number of aromatic nitrogens is 2. The van der Waals surface area contributed by atoms with Gasteiger partial charge in [-0.1, -0.05) is 6.42 Å². The lowest BCUT2D eigenvalue weighted by molar-refractivity contribution is 0.0369. The molecule has 1 fully saturated rings. The SMILES string of the molecule is Cc1[nH]ncc1C(=O)NN1C(C)CCCC1C. The van der Waals surface area contributed by atoms with E-state index in [1.165, 1.54) is 6.42 Å². The van der Waals surface area contributed by atoms with E-state index < -0.39 is 0 Å². The number of carbonyl (C=O) groups is 1. The number of rotatable bonds is 2. The lowest BCUT2D eigenvalue weighted by Crippen LogP contribution is -2.54. The summed E-state index contributed by atoms with van der Waals surface area (Å²) in [5.74, 6) is -0.0724. The van der Waals surface area contributed by atoms with Crippen LogP contribution in [-0.4, -0.2) is 33.2 Å². The molecule has 2 N–H and O–H groups in total. The van der Waals surface area contributed by atoms with Gasteiger partial charge in [-0.2, -0.15) is 5.10 Å². The molecular weight excluding hydrogens is 216 g/mol. The molecule has 1 aliphatic heterocycles. The highest BCUT2D eigenvalue weighted by atomic mass is 16.2. The third kappa shape index (κ3) is 2.49. The van der Waals surface area contributed by atoms with Crippen molar-refractivity contribution in [1.29, 1.82) is 0 Å². The fourth-order valence-electron chi connectivity index (χ4n) is 2.40. The van der Waals surface area contributed by atoms with E-state index >= 15 is 0 Å². The fourth-order valence-corrected chi connectivity index (χ4v) is 2.40. The minimum Gasteiger partial charge on any atom is -0.284 e. The van der Waals surface area contributed by atoms with Gasteiger partial charge in [0, 0.05) is 17.8 Å². The zero-order chi connectivity index (χ0) is 12.4. The van der Waals surface area contributed by atoms with E-state index in [2.05, 4.69) is 34.5 Å². The molecule has 2 unspecified atom stereocenters. The Hall–Kier alpha value is -1.36. The Balaban J connectivity index is 2.05. The Bertz CT molecular complexity index is 391. The first-order valence-electron chi connectivity index (χ1n) is 6.19. The lowest BCUT2D eigenvalue weighted by atomic mass is 10.00. The molecule has 5 nitrogen and oxygen atoms in total. The third-order valence-electron chi connectivity index (χ3n) is 3.50. The normalized spacial score (nSPS) is 25.8. The molecule has 2 heterocycles. The zero-order valence-electron chi connectivity index (χ0n) is 10.7. The van der Waals surface area contributed by atoms with Gasteiger partial charge < -0.3 is 0 Å². The highest BCUT2D eigenvalue weighted by Crippen LogP contribution is 2.20. The van der Waals surface area contributed by atoms with E-state index in [1.807, 2.05) is 6.92 Å². The minimum absolute atomic E-state index is 0.0724. The quantitative estimate of drug-likeness (QED) is 0.820. The highest BCUT2D eigenvalue weighted by molar-refractivity contribution is 5.94. The first kappa shape index (κ1) is 12.1. The molecule has 17 heavy (non-hydrogen) atoms. The van der Waals surface area contributed by atoms with Crippen LogP contribution in [0.15, 0.2) is 6.20 Å². The predicted octanol–water partition coefficient (Wildman–Crippen LogP) is 1.63. The summed E-state index contributed by atoms with van der Waals surface area (Å²) in [6, 6.07) is 0.796. The average molecular weight is 236 g/mol. The summed E-state index contributed by atoms with van der Waals surface area (Å²) in [5, 5.41) is 8.72. The number of hydrazine groups is 1. The van der Waals surface area contributed by atoms with Crippen LogP contribution in [0.4, 0.5) is 0 Å². The smallest absolute Gasteiger partial charge is 0.269 e. The summed E-state index contributed by atoms with van der Waals surface area (Å²) >= 11 is 0. The maximum absolute atomic E-state index is 12.1. The van der Waals surface area contributed by atoms with Crippen molar-refractivity contribution in [2.45, 2.75) is 52.1 Å². The van der Waals surface area contributed by atoms with Gasteiger partial charge in [-0.3, -0.25) is 15.3 Å². The summed E-state index contributed by atoms with van der Waals surface area (Å²) in [4.78, 5) is 12.1. The lowest BCUT2D eigenvalue weighted by Gasteiger charge is -2.38. The summed E-state index contributed by atoms with van der Waals surface area (Å²) in [6.07, 6.45) is 5.08. The number of H-pyrrole nitrogens is 1. The second kappa shape index (κ2) is 4.87. The van der Waals surface area contributed by atoms with Crippen molar-refractivity contribution in [3.05, 3.63) is 17.5 Å². The maximum Gasteiger partial charge on any atom is 0.269 e. The number of hydrogen-bond acceptors (Lipinski definition) is 3. The first-order valence-corrected chi connectivity index (χ1v) is 6.19. The van der Waals surface area contributed by atoms with Crippen molar-refractivity contribution < 1.29 is 4.79 Å². The molecular formula is C12H20N4O. The van der Waals surface area contributed by atoms with Crippen LogP contribution in [-0.2, 0) is 0 Å². The van der Waals surface area contributed by atoms with E-state index in [9.17, 15) is 4.79 Å². The van der Waals surface area contributed by atoms with Crippen molar-refractivity contribution in [2.75, 3.05) is 0 Å². The molecule has 0 bridgehead atoms. The van der Waals surface area contributed by atoms with Crippen LogP contribution >= 0.6 is 0 Å². The molecule has 1 saturated heterocycles. The van der Waals surface area contributed by atoms with Crippen LogP contribution in [0.1, 0.15) is 49.2 Å². The standard InChI is InChI=1S/C12H20N4O/c1-8-5-4-6-9(2)16(8)15-12(17)11-7-13-14-10(11)3/h7-9H,4-6H2,1-3H3,(H,13,14)(H,15,17). The van der Waals surface area contributed by atoms with Crippen LogP contribution in [0, 0.1) is 6.92 Å². The summed E-state index contributed by atoms with van der Waals surface area (Å²) in [7, 11) is 0. The fraction of sp³-hybridized carbons (Fsp3) is 0.667. The van der Waals surface area contributed by atoms with Gasteiger partial charge in [-0.05, 0) is 33.6 Å². The highest BCUT2D eigenvalue weighted by Gasteiger charge is 2.26. The summed E-state index contributed by atoms with van der Waals surface area (Å²) in [5.41, 5.74) is 4.42. The zero-order valence-corrected chi connectivity index (χ0v) is 10.7. The van der Waals surface area contributed by atoms with Crippen LogP contribution in [0.2, 0.25) is 0 Å². The topological polar surface area (TPSA) is 61.0 Å². The van der Waals surface area contributed by atoms with E-state index in [0.717, 1.165) is 18.5 Å². The molecule has 5 heteroatoms. The van der Waals surface area contributed by atoms with Crippen LogP contribution < -0.4 is 5.43 Å². The van der Waals surface area contributed by atoms with E-state index in [4.69, 9.17) is 0 Å². The third-order valence-corrected chi connectivity index (χ3v) is 3.50. The molecule has 0 radical (unpaired) electrons. The Morgan fingerprint density at radius 1 is 1.47 bits per heavy atom. The van der Waals surface area contributed by atoms with Gasteiger partial charge in [0.1, 0.15) is 0 Å². The molecule has 0 spiro atoms. The second-order valence-electron chi connectivity index (χ2n) is 4.89. The molecule has 1 aromatic heterocycles. The molecule has 94 valence electrons. The van der Waals surface area contributed by atoms with Gasteiger partial charge in [0.05, 0.1) is 11.8 Å². The van der Waals surface area contributed by atoms with Gasteiger partial charge in [0.25, 0.3) is 5.91 Å². The number of nitrogens with one attached hydrogen (secondary N) is 2. The van der Waals surface area contributed by atoms with Crippen LogP contribution in [0.5, 0.6) is 0 Å². The van der Waals surface area contributed by atoms with Crippen molar-refractivity contribution in [2.24, 2.45) is 0 Å². The van der Waals surface area contributed by atoms with Gasteiger partial charge in [-0.25, -0.2) is 5.01 Å². The number of hydrogen-bond donors (Lipinski definition) is 2. The number of carbonyl (C=O) groups excluding carboxylic acids is 1. The maximum atomic E-state index is 12.1. The van der Waals surface area contributed by atoms with Crippen molar-refractivity contribution in [1.82, 2.24) is 20.6 Å². The van der Waals surface area contributed by atoms with Crippen molar-refractivity contribution in [3.63, 3.8) is 0 Å².